The quantitative estimate of drug-likeness (QED) is 0.204. The molecule has 0 saturated carbocycles. The smallest absolute Gasteiger partial charge is 0.744 e. The molecule has 0 radical (unpaired) electrons. The van der Waals surface area contributed by atoms with Gasteiger partial charge in [-0.25, -0.2) is 16.8 Å². The molecule has 3 aromatic rings. The van der Waals surface area contributed by atoms with E-state index in [2.05, 4.69) is 15.5 Å². The van der Waals surface area contributed by atoms with Crippen molar-refractivity contribution in [1.82, 2.24) is 0 Å². The van der Waals surface area contributed by atoms with E-state index >= 15 is 0 Å². The molecule has 11 nitrogen and oxygen atoms in total. The second kappa shape index (κ2) is 11.4. The summed E-state index contributed by atoms with van der Waals surface area (Å²) in [5.41, 5.74) is -0.489. The standard InChI is InChI=1S/C18H15N3O8S2.2Na/c1-10(22)19-14-8-12(30(24,25)26)7-13-16(31(27,28)29)9-15(18(23)17(13)14)21-20-11-5-3-2-4-6-11;;/h2-9,23H,1H3,(H,19,22)(H,24,25,26)(H,27,28,29);;/q;2*+1/p-2. The van der Waals surface area contributed by atoms with Crippen molar-refractivity contribution in [2.45, 2.75) is 16.7 Å². The van der Waals surface area contributed by atoms with Crippen LogP contribution in [0, 0.1) is 0 Å². The Morgan fingerprint density at radius 3 is 2.06 bits per heavy atom. The zero-order chi connectivity index (χ0) is 23.0. The number of rotatable bonds is 5. The Labute approximate surface area is 233 Å². The number of benzene rings is 3. The summed E-state index contributed by atoms with van der Waals surface area (Å²) in [5.74, 6) is -1.41. The maximum atomic E-state index is 11.9. The normalized spacial score (nSPS) is 11.6. The number of carbonyl (C=O) groups is 1. The maximum Gasteiger partial charge on any atom is 1.00 e. The summed E-state index contributed by atoms with van der Waals surface area (Å²) in [4.78, 5) is 9.70. The van der Waals surface area contributed by atoms with Crippen LogP contribution in [0.5, 0.6) is 5.75 Å². The van der Waals surface area contributed by atoms with Gasteiger partial charge in [-0.1, -0.05) is 18.2 Å². The topological polar surface area (TPSA) is 188 Å². The minimum atomic E-state index is -5.23. The van der Waals surface area contributed by atoms with Gasteiger partial charge < -0.3 is 19.5 Å². The fourth-order valence-corrected chi connectivity index (χ4v) is 4.00. The van der Waals surface area contributed by atoms with Gasteiger partial charge in [-0.3, -0.25) is 4.79 Å². The summed E-state index contributed by atoms with van der Waals surface area (Å²) in [6.45, 7) is 1.06. The monoisotopic (exact) mass is 509 g/mol. The van der Waals surface area contributed by atoms with Crippen molar-refractivity contribution < 1.29 is 95.0 Å². The molecule has 0 saturated heterocycles. The number of carbonyl (C=O) groups excluding carboxylic acids is 1. The number of nitrogens with zero attached hydrogens (tertiary/aromatic N) is 2. The van der Waals surface area contributed by atoms with Crippen molar-refractivity contribution >= 4 is 54.0 Å². The first-order chi connectivity index (χ1) is 14.4. The number of azo groups is 1. The van der Waals surface area contributed by atoms with E-state index in [0.29, 0.717) is 17.8 Å². The predicted octanol–water partition coefficient (Wildman–Crippen LogP) is -3.26. The van der Waals surface area contributed by atoms with Crippen molar-refractivity contribution in [2.75, 3.05) is 5.32 Å². The average molecular weight is 509 g/mol. The zero-order valence-corrected chi connectivity index (χ0v) is 23.3. The van der Waals surface area contributed by atoms with Gasteiger partial charge in [0.15, 0.2) is 5.75 Å². The van der Waals surface area contributed by atoms with E-state index in [1.165, 1.54) is 0 Å². The van der Waals surface area contributed by atoms with Crippen LogP contribution in [-0.4, -0.2) is 37.0 Å². The van der Waals surface area contributed by atoms with Crippen LogP contribution in [0.15, 0.2) is 68.6 Å². The van der Waals surface area contributed by atoms with Gasteiger partial charge in [0.1, 0.15) is 25.9 Å². The molecular formula is C18H13N3Na2O8S2. The molecule has 162 valence electrons. The molecule has 0 atom stereocenters. The van der Waals surface area contributed by atoms with Gasteiger partial charge in [-0.05, 0) is 30.3 Å². The summed E-state index contributed by atoms with van der Waals surface area (Å²) in [6.07, 6.45) is 0. The molecule has 0 fully saturated rings. The van der Waals surface area contributed by atoms with E-state index in [1.807, 2.05) is 0 Å². The van der Waals surface area contributed by atoms with Gasteiger partial charge in [0, 0.05) is 12.3 Å². The van der Waals surface area contributed by atoms with Crippen LogP contribution in [0.3, 0.4) is 0 Å². The Morgan fingerprint density at radius 2 is 1.55 bits per heavy atom. The number of hydrogen-bond acceptors (Lipinski definition) is 10. The Balaban J connectivity index is 0.00000272. The summed E-state index contributed by atoms with van der Waals surface area (Å²) >= 11 is 0. The molecule has 0 spiro atoms. The van der Waals surface area contributed by atoms with Crippen molar-refractivity contribution in [1.29, 1.82) is 0 Å². The van der Waals surface area contributed by atoms with Crippen molar-refractivity contribution in [3.63, 3.8) is 0 Å². The molecule has 0 aliphatic heterocycles. The number of phenols is 1. The van der Waals surface area contributed by atoms with Crippen molar-refractivity contribution in [2.24, 2.45) is 10.2 Å². The maximum absolute atomic E-state index is 11.9. The van der Waals surface area contributed by atoms with Crippen molar-refractivity contribution in [3.05, 3.63) is 48.5 Å². The number of anilines is 1. The summed E-state index contributed by atoms with van der Waals surface area (Å²) in [7, 11) is -10.3. The van der Waals surface area contributed by atoms with Crippen LogP contribution in [0.2, 0.25) is 0 Å². The minimum Gasteiger partial charge on any atom is -0.744 e. The van der Waals surface area contributed by atoms with Gasteiger partial charge in [0.25, 0.3) is 0 Å². The van der Waals surface area contributed by atoms with Gasteiger partial charge in [-0.15, -0.1) is 5.11 Å². The molecule has 2 N–H and O–H groups in total. The van der Waals surface area contributed by atoms with Crippen LogP contribution in [0.25, 0.3) is 10.8 Å². The molecular weight excluding hydrogens is 496 g/mol. The summed E-state index contributed by atoms with van der Waals surface area (Å²) < 4.78 is 70.0. The third-order valence-corrected chi connectivity index (χ3v) is 5.71. The molecule has 0 bridgehead atoms. The van der Waals surface area contributed by atoms with Crippen LogP contribution in [-0.2, 0) is 25.0 Å². The summed E-state index contributed by atoms with van der Waals surface area (Å²) in [5, 5.41) is 19.5. The van der Waals surface area contributed by atoms with Crippen LogP contribution in [0.1, 0.15) is 6.92 Å². The first-order valence-electron chi connectivity index (χ1n) is 8.38. The van der Waals surface area contributed by atoms with E-state index in [0.717, 1.165) is 13.0 Å². The third-order valence-electron chi connectivity index (χ3n) is 4.02. The SMILES string of the molecule is CC(=O)Nc1cc(S(=O)(=O)[O-])cc2c(S(=O)(=O)[O-])cc(N=Nc3ccccc3)c(O)c12.[Na+].[Na+]. The van der Waals surface area contributed by atoms with E-state index in [-0.39, 0.29) is 59.1 Å². The molecule has 33 heavy (non-hydrogen) atoms. The molecule has 0 aromatic heterocycles. The number of nitrogens with one attached hydrogen (secondary N) is 1. The number of hydrogen-bond donors (Lipinski definition) is 2. The second-order valence-electron chi connectivity index (χ2n) is 6.26. The minimum absolute atomic E-state index is 0. The Hall–Kier alpha value is -1.39. The Morgan fingerprint density at radius 1 is 0.939 bits per heavy atom. The van der Waals surface area contributed by atoms with Gasteiger partial charge in [0.2, 0.25) is 5.91 Å². The fraction of sp³-hybridized carbons (Fsp3) is 0.0556. The molecule has 3 aromatic carbocycles. The average Bonchev–Trinajstić information content (AvgIpc) is 2.65. The van der Waals surface area contributed by atoms with E-state index in [4.69, 9.17) is 0 Å². The first kappa shape index (κ1) is 29.6. The molecule has 0 aliphatic carbocycles. The number of aromatic hydroxyl groups is 1. The van der Waals surface area contributed by atoms with Gasteiger partial charge >= 0.3 is 59.1 Å². The Bertz CT molecular complexity index is 1440. The molecule has 15 heteroatoms. The predicted molar refractivity (Wildman–Crippen MR) is 106 cm³/mol. The molecule has 0 heterocycles. The van der Waals surface area contributed by atoms with Crippen molar-refractivity contribution in [3.8, 4) is 5.75 Å². The Kier molecular flexibility index (Phi) is 10.2. The molecule has 0 aliphatic rings. The summed E-state index contributed by atoms with van der Waals surface area (Å²) in [6, 6.07) is 10.2. The van der Waals surface area contributed by atoms with Crippen LogP contribution in [0.4, 0.5) is 17.1 Å². The van der Waals surface area contributed by atoms with E-state index in [1.54, 1.807) is 30.3 Å². The first-order valence-corrected chi connectivity index (χ1v) is 11.2. The fourth-order valence-electron chi connectivity index (χ4n) is 2.79. The van der Waals surface area contributed by atoms with Crippen LogP contribution < -0.4 is 64.4 Å². The third kappa shape index (κ3) is 7.05. The molecule has 1 amide bonds. The van der Waals surface area contributed by atoms with E-state index in [9.17, 15) is 35.8 Å². The number of amides is 1. The van der Waals surface area contributed by atoms with Crippen LogP contribution >= 0.6 is 0 Å². The zero-order valence-electron chi connectivity index (χ0n) is 17.6. The van der Waals surface area contributed by atoms with Gasteiger partial charge in [0.05, 0.1) is 26.6 Å². The van der Waals surface area contributed by atoms with E-state index < -0.39 is 63.8 Å². The largest absolute Gasteiger partial charge is 1.00 e. The number of phenolic OH excluding ortho intramolecular Hbond substituents is 1. The molecule has 3 rings (SSSR count). The number of fused-ring (bicyclic) bond motifs is 1. The second-order valence-corrected chi connectivity index (χ2v) is 8.99. The van der Waals surface area contributed by atoms with Gasteiger partial charge in [-0.2, -0.15) is 5.11 Å². The molecule has 0 unspecified atom stereocenters.